The van der Waals surface area contributed by atoms with E-state index in [0.717, 1.165) is 22.3 Å². The molecule has 0 heterocycles. The van der Waals surface area contributed by atoms with Gasteiger partial charge in [0.1, 0.15) is 5.82 Å². The van der Waals surface area contributed by atoms with E-state index in [9.17, 15) is 4.39 Å². The van der Waals surface area contributed by atoms with Gasteiger partial charge in [-0.3, -0.25) is 0 Å². The van der Waals surface area contributed by atoms with Gasteiger partial charge in [-0.25, -0.2) is 4.39 Å². The van der Waals surface area contributed by atoms with Crippen molar-refractivity contribution in [1.82, 2.24) is 0 Å². The molecule has 0 aliphatic rings. The Morgan fingerprint density at radius 3 is 2.38 bits per heavy atom. The number of benzene rings is 2. The minimum absolute atomic E-state index is 0.144. The summed E-state index contributed by atoms with van der Waals surface area (Å²) >= 11 is 3.33. The van der Waals surface area contributed by atoms with Crippen LogP contribution in [0.5, 0.6) is 0 Å². The molecule has 0 spiro atoms. The summed E-state index contributed by atoms with van der Waals surface area (Å²) in [7, 11) is 0. The van der Waals surface area contributed by atoms with E-state index >= 15 is 0 Å². The van der Waals surface area contributed by atoms with Gasteiger partial charge in [0, 0.05) is 10.9 Å². The van der Waals surface area contributed by atoms with Crippen molar-refractivity contribution in [2.45, 2.75) is 12.3 Å². The smallest absolute Gasteiger partial charge is 0.127 e. The van der Waals surface area contributed by atoms with Crippen LogP contribution in [0.2, 0.25) is 0 Å². The molecular formula is C14H12BrF. The van der Waals surface area contributed by atoms with Gasteiger partial charge in [0.15, 0.2) is 0 Å². The average molecular weight is 279 g/mol. The monoisotopic (exact) mass is 278 g/mol. The van der Waals surface area contributed by atoms with E-state index in [1.165, 1.54) is 6.07 Å². The summed E-state index contributed by atoms with van der Waals surface area (Å²) in [5, 5.41) is 0.547. The molecular weight excluding hydrogens is 267 g/mol. The van der Waals surface area contributed by atoms with Crippen LogP contribution >= 0.6 is 15.9 Å². The summed E-state index contributed by atoms with van der Waals surface area (Å²) in [5.41, 5.74) is 3.96. The minimum atomic E-state index is -0.144. The zero-order valence-corrected chi connectivity index (χ0v) is 10.6. The lowest BCUT2D eigenvalue weighted by atomic mass is 9.97. The maximum absolute atomic E-state index is 13.5. The Kier molecular flexibility index (Phi) is 3.39. The molecule has 0 N–H and O–H groups in total. The van der Waals surface area contributed by atoms with Gasteiger partial charge in [-0.1, -0.05) is 52.3 Å². The van der Waals surface area contributed by atoms with Gasteiger partial charge in [0.2, 0.25) is 0 Å². The molecule has 0 aliphatic carbocycles. The molecule has 0 saturated heterocycles. The lowest BCUT2D eigenvalue weighted by Crippen LogP contribution is -1.94. The summed E-state index contributed by atoms with van der Waals surface area (Å²) < 4.78 is 13.5. The van der Waals surface area contributed by atoms with E-state index in [1.807, 2.05) is 43.3 Å². The summed E-state index contributed by atoms with van der Waals surface area (Å²) in [6, 6.07) is 13.4. The average Bonchev–Trinajstić information content (AvgIpc) is 2.31. The van der Waals surface area contributed by atoms with E-state index in [0.29, 0.717) is 5.33 Å². The molecule has 2 heteroatoms. The first-order valence-electron chi connectivity index (χ1n) is 5.13. The Labute approximate surface area is 103 Å². The SMILES string of the molecule is Cc1c(-c2ccccc2)ccc(F)c1CBr. The zero-order chi connectivity index (χ0) is 11.5. The highest BCUT2D eigenvalue weighted by Gasteiger charge is 2.09. The molecule has 0 unspecified atom stereocenters. The Balaban J connectivity index is 2.59. The third kappa shape index (κ3) is 2.03. The van der Waals surface area contributed by atoms with Gasteiger partial charge in [-0.15, -0.1) is 0 Å². The summed E-state index contributed by atoms with van der Waals surface area (Å²) in [5.74, 6) is -0.144. The number of rotatable bonds is 2. The fourth-order valence-corrected chi connectivity index (χ4v) is 2.51. The maximum Gasteiger partial charge on any atom is 0.127 e. The first kappa shape index (κ1) is 11.3. The standard InChI is InChI=1S/C14H12BrF/c1-10-12(11-5-3-2-4-6-11)7-8-14(16)13(10)9-15/h2-8H,9H2,1H3. The lowest BCUT2D eigenvalue weighted by molar-refractivity contribution is 0.616. The molecule has 2 aromatic rings. The molecule has 0 amide bonds. The van der Waals surface area contributed by atoms with E-state index in [2.05, 4.69) is 15.9 Å². The molecule has 0 atom stereocenters. The van der Waals surface area contributed by atoms with Crippen molar-refractivity contribution in [2.75, 3.05) is 0 Å². The van der Waals surface area contributed by atoms with Crippen molar-refractivity contribution < 1.29 is 4.39 Å². The van der Waals surface area contributed by atoms with Crippen LogP contribution in [0.15, 0.2) is 42.5 Å². The molecule has 2 aromatic carbocycles. The van der Waals surface area contributed by atoms with Gasteiger partial charge < -0.3 is 0 Å². The van der Waals surface area contributed by atoms with E-state index < -0.39 is 0 Å². The number of halogens is 2. The van der Waals surface area contributed by atoms with Crippen molar-refractivity contribution >= 4 is 15.9 Å². The van der Waals surface area contributed by atoms with Crippen LogP contribution in [0, 0.1) is 12.7 Å². The van der Waals surface area contributed by atoms with Crippen molar-refractivity contribution in [3.8, 4) is 11.1 Å². The zero-order valence-electron chi connectivity index (χ0n) is 9.00. The maximum atomic E-state index is 13.5. The number of hydrogen-bond donors (Lipinski definition) is 0. The largest absolute Gasteiger partial charge is 0.207 e. The molecule has 0 fully saturated rings. The molecule has 0 saturated carbocycles. The highest BCUT2D eigenvalue weighted by atomic mass is 79.9. The molecule has 16 heavy (non-hydrogen) atoms. The van der Waals surface area contributed by atoms with Crippen molar-refractivity contribution in [1.29, 1.82) is 0 Å². The van der Waals surface area contributed by atoms with Gasteiger partial charge in [0.05, 0.1) is 0 Å². The van der Waals surface area contributed by atoms with Crippen molar-refractivity contribution in [2.24, 2.45) is 0 Å². The van der Waals surface area contributed by atoms with Crippen LogP contribution < -0.4 is 0 Å². The lowest BCUT2D eigenvalue weighted by Gasteiger charge is -2.10. The summed E-state index contributed by atoms with van der Waals surface area (Å²) in [4.78, 5) is 0. The van der Waals surface area contributed by atoms with Crippen LogP contribution in [-0.2, 0) is 5.33 Å². The van der Waals surface area contributed by atoms with E-state index in [4.69, 9.17) is 0 Å². The van der Waals surface area contributed by atoms with Crippen LogP contribution in [0.25, 0.3) is 11.1 Å². The Bertz CT molecular complexity index is 492. The quantitative estimate of drug-likeness (QED) is 0.699. The summed E-state index contributed by atoms with van der Waals surface area (Å²) in [6.45, 7) is 1.96. The fourth-order valence-electron chi connectivity index (χ4n) is 1.82. The molecule has 0 nitrogen and oxygen atoms in total. The number of alkyl halides is 1. The molecule has 0 aliphatic heterocycles. The fraction of sp³-hybridized carbons (Fsp3) is 0.143. The Hall–Kier alpha value is -1.15. The third-order valence-electron chi connectivity index (χ3n) is 2.76. The van der Waals surface area contributed by atoms with Crippen LogP contribution in [-0.4, -0.2) is 0 Å². The Morgan fingerprint density at radius 1 is 1.06 bits per heavy atom. The van der Waals surface area contributed by atoms with Gasteiger partial charge in [-0.05, 0) is 29.7 Å². The third-order valence-corrected chi connectivity index (χ3v) is 3.32. The van der Waals surface area contributed by atoms with Gasteiger partial charge in [0.25, 0.3) is 0 Å². The van der Waals surface area contributed by atoms with Gasteiger partial charge in [-0.2, -0.15) is 0 Å². The van der Waals surface area contributed by atoms with Crippen LogP contribution in [0.1, 0.15) is 11.1 Å². The summed E-state index contributed by atoms with van der Waals surface area (Å²) in [6.07, 6.45) is 0. The predicted octanol–water partition coefficient (Wildman–Crippen LogP) is 4.70. The molecule has 82 valence electrons. The van der Waals surface area contributed by atoms with Crippen molar-refractivity contribution in [3.05, 3.63) is 59.4 Å². The molecule has 0 aromatic heterocycles. The minimum Gasteiger partial charge on any atom is -0.207 e. The second-order valence-corrected chi connectivity index (χ2v) is 4.26. The van der Waals surface area contributed by atoms with Crippen LogP contribution in [0.4, 0.5) is 4.39 Å². The highest BCUT2D eigenvalue weighted by molar-refractivity contribution is 9.08. The first-order chi connectivity index (χ1) is 7.74. The number of hydrogen-bond acceptors (Lipinski definition) is 0. The predicted molar refractivity (Wildman–Crippen MR) is 69.2 cm³/mol. The van der Waals surface area contributed by atoms with Crippen LogP contribution in [0.3, 0.4) is 0 Å². The second kappa shape index (κ2) is 4.79. The van der Waals surface area contributed by atoms with E-state index in [-0.39, 0.29) is 5.82 Å². The van der Waals surface area contributed by atoms with E-state index in [1.54, 1.807) is 0 Å². The first-order valence-corrected chi connectivity index (χ1v) is 6.25. The Morgan fingerprint density at radius 2 is 1.75 bits per heavy atom. The van der Waals surface area contributed by atoms with Gasteiger partial charge >= 0.3 is 0 Å². The molecule has 0 bridgehead atoms. The topological polar surface area (TPSA) is 0 Å². The van der Waals surface area contributed by atoms with Crippen molar-refractivity contribution in [3.63, 3.8) is 0 Å². The normalized spacial score (nSPS) is 10.4. The molecule has 0 radical (unpaired) electrons. The second-order valence-electron chi connectivity index (χ2n) is 3.70. The molecule has 2 rings (SSSR count). The highest BCUT2D eigenvalue weighted by Crippen LogP contribution is 2.28.